The van der Waals surface area contributed by atoms with Gasteiger partial charge in [0, 0.05) is 24.9 Å². The second-order valence-corrected chi connectivity index (χ2v) is 10.2. The molecule has 186 valence electrons. The molecule has 0 spiro atoms. The lowest BCUT2D eigenvalue weighted by atomic mass is 9.80. The molecule has 0 aliphatic heterocycles. The Balaban J connectivity index is 1.27. The summed E-state index contributed by atoms with van der Waals surface area (Å²) in [6, 6.07) is 16.3. The molecule has 7 heteroatoms. The van der Waals surface area contributed by atoms with E-state index in [-0.39, 0.29) is 42.7 Å². The number of alkyl carbamates (subject to hydrolysis) is 1. The van der Waals surface area contributed by atoms with Crippen molar-refractivity contribution >= 4 is 18.0 Å². The molecule has 4 rings (SSSR count). The number of carboxylic acids is 1. The molecule has 0 heterocycles. The smallest absolute Gasteiger partial charge is 0.407 e. The molecule has 7 nitrogen and oxygen atoms in total. The molecule has 3 N–H and O–H groups in total. The van der Waals surface area contributed by atoms with Crippen molar-refractivity contribution in [1.82, 2.24) is 10.6 Å². The maximum atomic E-state index is 12.5. The van der Waals surface area contributed by atoms with E-state index in [0.29, 0.717) is 25.3 Å². The Labute approximate surface area is 206 Å². The summed E-state index contributed by atoms with van der Waals surface area (Å²) in [4.78, 5) is 36.0. The highest BCUT2D eigenvalue weighted by molar-refractivity contribution is 5.79. The molecule has 2 aliphatic carbocycles. The molecule has 1 fully saturated rings. The molecule has 2 aromatic carbocycles. The minimum absolute atomic E-state index is 0.00231. The number of carbonyl (C=O) groups excluding carboxylic acids is 2. The number of aliphatic carboxylic acids is 1. The van der Waals surface area contributed by atoms with E-state index in [0.717, 1.165) is 17.5 Å². The topological polar surface area (TPSA) is 105 Å². The van der Waals surface area contributed by atoms with E-state index in [1.165, 1.54) is 11.1 Å². The highest BCUT2D eigenvalue weighted by atomic mass is 16.5. The van der Waals surface area contributed by atoms with Gasteiger partial charge in [-0.2, -0.15) is 0 Å². The van der Waals surface area contributed by atoms with Gasteiger partial charge in [-0.05, 0) is 53.4 Å². The Bertz CT molecular complexity index is 1030. The summed E-state index contributed by atoms with van der Waals surface area (Å²) in [6.07, 6.45) is 1.56. The van der Waals surface area contributed by atoms with E-state index in [1.54, 1.807) is 0 Å². The first kappa shape index (κ1) is 24.8. The summed E-state index contributed by atoms with van der Waals surface area (Å²) < 4.78 is 5.62. The maximum absolute atomic E-state index is 12.5. The Morgan fingerprint density at radius 2 is 1.60 bits per heavy atom. The number of rotatable bonds is 10. The first-order valence-corrected chi connectivity index (χ1v) is 12.4. The average molecular weight is 479 g/mol. The van der Waals surface area contributed by atoms with E-state index in [9.17, 15) is 14.4 Å². The normalized spacial score (nSPS) is 19.3. The number of benzene rings is 2. The molecule has 0 aromatic heterocycles. The highest BCUT2D eigenvalue weighted by Gasteiger charge is 2.35. The number of nitrogens with one attached hydrogen (secondary N) is 2. The summed E-state index contributed by atoms with van der Waals surface area (Å²) in [5, 5.41) is 14.8. The fourth-order valence-corrected chi connectivity index (χ4v) is 5.27. The third kappa shape index (κ3) is 6.02. The predicted octanol–water partition coefficient (Wildman–Crippen LogP) is 4.56. The van der Waals surface area contributed by atoms with Crippen LogP contribution in [0.2, 0.25) is 0 Å². The van der Waals surface area contributed by atoms with E-state index < -0.39 is 12.1 Å². The van der Waals surface area contributed by atoms with Gasteiger partial charge >= 0.3 is 12.1 Å². The lowest BCUT2D eigenvalue weighted by Crippen LogP contribution is -2.47. The standard InChI is InChI=1S/C28H34N2O5/c1-17(2)11-18(12-26(31)30-20-13-19(14-20)27(32)33)15-29-28(34)35-16-25-23-9-5-3-7-21(23)22-8-4-6-10-24(22)25/h3-10,17-20,25H,11-16H2,1-2H3,(H,29,34)(H,30,31)(H,32,33). The van der Waals surface area contributed by atoms with Gasteiger partial charge in [0.15, 0.2) is 0 Å². The van der Waals surface area contributed by atoms with E-state index in [1.807, 2.05) is 24.3 Å². The summed E-state index contributed by atoms with van der Waals surface area (Å²) in [5.41, 5.74) is 4.69. The van der Waals surface area contributed by atoms with Crippen LogP contribution in [0.4, 0.5) is 4.79 Å². The minimum Gasteiger partial charge on any atom is -0.481 e. The summed E-state index contributed by atoms with van der Waals surface area (Å²) in [6.45, 7) is 4.77. The van der Waals surface area contributed by atoms with Crippen LogP contribution in [0.25, 0.3) is 11.1 Å². The van der Waals surface area contributed by atoms with Gasteiger partial charge in [0.25, 0.3) is 0 Å². The van der Waals surface area contributed by atoms with Crippen molar-refractivity contribution in [2.75, 3.05) is 13.2 Å². The lowest BCUT2D eigenvalue weighted by Gasteiger charge is -2.33. The van der Waals surface area contributed by atoms with Crippen molar-refractivity contribution in [3.63, 3.8) is 0 Å². The van der Waals surface area contributed by atoms with E-state index >= 15 is 0 Å². The van der Waals surface area contributed by atoms with Crippen molar-refractivity contribution in [3.05, 3.63) is 59.7 Å². The van der Waals surface area contributed by atoms with Crippen LogP contribution in [0.3, 0.4) is 0 Å². The number of hydrogen-bond donors (Lipinski definition) is 3. The molecular formula is C28H34N2O5. The van der Waals surface area contributed by atoms with Crippen molar-refractivity contribution < 1.29 is 24.2 Å². The van der Waals surface area contributed by atoms with Gasteiger partial charge in [0.05, 0.1) is 5.92 Å². The van der Waals surface area contributed by atoms with Gasteiger partial charge in [0.2, 0.25) is 5.91 Å². The highest BCUT2D eigenvalue weighted by Crippen LogP contribution is 2.44. The molecule has 1 unspecified atom stereocenters. The monoisotopic (exact) mass is 478 g/mol. The number of hydrogen-bond acceptors (Lipinski definition) is 4. The van der Waals surface area contributed by atoms with Crippen LogP contribution in [0.15, 0.2) is 48.5 Å². The first-order chi connectivity index (χ1) is 16.8. The molecule has 0 radical (unpaired) electrons. The molecule has 2 aromatic rings. The van der Waals surface area contributed by atoms with Crippen molar-refractivity contribution in [1.29, 1.82) is 0 Å². The third-order valence-electron chi connectivity index (χ3n) is 7.01. The summed E-state index contributed by atoms with van der Waals surface area (Å²) >= 11 is 0. The van der Waals surface area contributed by atoms with E-state index in [4.69, 9.17) is 9.84 Å². The van der Waals surface area contributed by atoms with Gasteiger partial charge in [-0.3, -0.25) is 9.59 Å². The van der Waals surface area contributed by atoms with Crippen LogP contribution in [-0.2, 0) is 14.3 Å². The first-order valence-electron chi connectivity index (χ1n) is 12.4. The van der Waals surface area contributed by atoms with Gasteiger partial charge in [-0.15, -0.1) is 0 Å². The number of carboxylic acid groups (broad SMARTS) is 1. The minimum atomic E-state index is -0.805. The fourth-order valence-electron chi connectivity index (χ4n) is 5.27. The third-order valence-corrected chi connectivity index (χ3v) is 7.01. The Hall–Kier alpha value is -3.35. The zero-order chi connectivity index (χ0) is 24.9. The van der Waals surface area contributed by atoms with Crippen LogP contribution < -0.4 is 10.6 Å². The van der Waals surface area contributed by atoms with Gasteiger partial charge in [-0.25, -0.2) is 4.79 Å². The lowest BCUT2D eigenvalue weighted by molar-refractivity contribution is -0.146. The van der Waals surface area contributed by atoms with Gasteiger partial charge in [-0.1, -0.05) is 62.4 Å². The molecule has 1 atom stereocenters. The van der Waals surface area contributed by atoms with Crippen molar-refractivity contribution in [2.45, 2.75) is 51.5 Å². The molecular weight excluding hydrogens is 444 g/mol. The predicted molar refractivity (Wildman–Crippen MR) is 133 cm³/mol. The zero-order valence-electron chi connectivity index (χ0n) is 20.3. The number of carbonyl (C=O) groups is 3. The number of amides is 2. The second-order valence-electron chi connectivity index (χ2n) is 10.2. The largest absolute Gasteiger partial charge is 0.481 e. The summed E-state index contributed by atoms with van der Waals surface area (Å²) in [5.74, 6) is -0.910. The molecule has 2 aliphatic rings. The average Bonchev–Trinajstić information content (AvgIpc) is 3.11. The quantitative estimate of drug-likeness (QED) is 0.464. The summed E-state index contributed by atoms with van der Waals surface area (Å²) in [7, 11) is 0. The van der Waals surface area contributed by atoms with Gasteiger partial charge in [0.1, 0.15) is 6.61 Å². The van der Waals surface area contributed by atoms with Crippen LogP contribution in [-0.4, -0.2) is 42.3 Å². The van der Waals surface area contributed by atoms with Crippen molar-refractivity contribution in [3.8, 4) is 11.1 Å². The maximum Gasteiger partial charge on any atom is 0.407 e. The van der Waals surface area contributed by atoms with Crippen LogP contribution in [0.5, 0.6) is 0 Å². The fraction of sp³-hybridized carbons (Fsp3) is 0.464. The Morgan fingerprint density at radius 3 is 2.17 bits per heavy atom. The molecule has 2 amide bonds. The Kier molecular flexibility index (Phi) is 7.73. The SMILES string of the molecule is CC(C)CC(CNC(=O)OCC1c2ccccc2-c2ccccc21)CC(=O)NC1CC(C(=O)O)C1. The second kappa shape index (κ2) is 10.9. The van der Waals surface area contributed by atoms with Crippen molar-refractivity contribution in [2.24, 2.45) is 17.8 Å². The van der Waals surface area contributed by atoms with Crippen LogP contribution in [0.1, 0.15) is 56.6 Å². The molecule has 1 saturated carbocycles. The zero-order valence-corrected chi connectivity index (χ0v) is 20.3. The molecule has 0 bridgehead atoms. The molecule has 0 saturated heterocycles. The number of fused-ring (bicyclic) bond motifs is 3. The number of ether oxygens (including phenoxy) is 1. The van der Waals surface area contributed by atoms with Gasteiger partial charge < -0.3 is 20.5 Å². The Morgan fingerprint density at radius 1 is 1.00 bits per heavy atom. The molecule has 35 heavy (non-hydrogen) atoms. The van der Waals surface area contributed by atoms with Crippen LogP contribution in [0, 0.1) is 17.8 Å². The van der Waals surface area contributed by atoms with E-state index in [2.05, 4.69) is 48.7 Å². The van der Waals surface area contributed by atoms with Crippen LogP contribution >= 0.6 is 0 Å².